The van der Waals surface area contributed by atoms with Gasteiger partial charge >= 0.3 is 12.1 Å². The van der Waals surface area contributed by atoms with Gasteiger partial charge in [-0.1, -0.05) is 0 Å². The van der Waals surface area contributed by atoms with Gasteiger partial charge in [0.15, 0.2) is 0 Å². The smallest absolute Gasteiger partial charge is 0.421 e. The van der Waals surface area contributed by atoms with Gasteiger partial charge in [-0.15, -0.1) is 0 Å². The van der Waals surface area contributed by atoms with Crippen LogP contribution >= 0.6 is 0 Å². The second-order valence-electron chi connectivity index (χ2n) is 7.56. The van der Waals surface area contributed by atoms with Crippen molar-refractivity contribution >= 4 is 29.3 Å². The summed E-state index contributed by atoms with van der Waals surface area (Å²) in [7, 11) is 0. The molecule has 11 heteroatoms. The molecule has 1 amide bonds. The summed E-state index contributed by atoms with van der Waals surface area (Å²) in [5.74, 6) is -2.27. The van der Waals surface area contributed by atoms with E-state index in [0.717, 1.165) is 0 Å². The normalized spacial score (nSPS) is 18.3. The number of halogens is 3. The van der Waals surface area contributed by atoms with Crippen LogP contribution in [0, 0.1) is 5.92 Å². The van der Waals surface area contributed by atoms with Crippen LogP contribution < -0.4 is 16.0 Å². The summed E-state index contributed by atoms with van der Waals surface area (Å²) in [6, 6.07) is 5.06. The van der Waals surface area contributed by atoms with Crippen molar-refractivity contribution in [2.24, 2.45) is 5.92 Å². The van der Waals surface area contributed by atoms with E-state index in [2.05, 4.69) is 25.9 Å². The van der Waals surface area contributed by atoms with Crippen molar-refractivity contribution in [3.63, 3.8) is 0 Å². The Morgan fingerprint density at radius 2 is 1.84 bits per heavy atom. The first-order chi connectivity index (χ1) is 14.5. The highest BCUT2D eigenvalue weighted by Gasteiger charge is 2.40. The van der Waals surface area contributed by atoms with Crippen LogP contribution in [0.2, 0.25) is 0 Å². The minimum absolute atomic E-state index is 0.0666. The predicted octanol–water partition coefficient (Wildman–Crippen LogP) is 3.65. The molecule has 8 nitrogen and oxygen atoms in total. The quantitative estimate of drug-likeness (QED) is 0.522. The van der Waals surface area contributed by atoms with Crippen molar-refractivity contribution < 1.29 is 27.9 Å². The van der Waals surface area contributed by atoms with Gasteiger partial charge in [-0.2, -0.15) is 18.2 Å². The number of nitrogens with one attached hydrogen (secondary N) is 3. The molecule has 1 aromatic heterocycles. The number of carbonyl (C=O) groups excluding carboxylic acids is 1. The maximum absolute atomic E-state index is 13.5. The molecule has 1 fully saturated rings. The van der Waals surface area contributed by atoms with Crippen molar-refractivity contribution in [2.75, 3.05) is 10.6 Å². The van der Waals surface area contributed by atoms with Crippen LogP contribution in [0.5, 0.6) is 0 Å². The Kier molecular flexibility index (Phi) is 6.32. The molecule has 0 bridgehead atoms. The number of anilines is 3. The van der Waals surface area contributed by atoms with Crippen molar-refractivity contribution in [1.29, 1.82) is 0 Å². The number of aromatic carboxylic acids is 1. The fourth-order valence-corrected chi connectivity index (χ4v) is 3.14. The van der Waals surface area contributed by atoms with Gasteiger partial charge in [-0.05, 0) is 51.0 Å². The molecule has 1 aliphatic carbocycles. The zero-order valence-corrected chi connectivity index (χ0v) is 16.8. The third-order valence-corrected chi connectivity index (χ3v) is 4.85. The molecule has 1 aromatic carbocycles. The topological polar surface area (TPSA) is 116 Å². The fraction of sp³-hybridized carbons (Fsp3) is 0.400. The van der Waals surface area contributed by atoms with Crippen molar-refractivity contribution in [3.8, 4) is 0 Å². The van der Waals surface area contributed by atoms with E-state index in [1.165, 1.54) is 24.3 Å². The van der Waals surface area contributed by atoms with Gasteiger partial charge in [-0.25, -0.2) is 9.78 Å². The van der Waals surface area contributed by atoms with Gasteiger partial charge in [0.25, 0.3) is 0 Å². The Labute approximate surface area is 176 Å². The first kappa shape index (κ1) is 22.3. The van der Waals surface area contributed by atoms with Crippen LogP contribution in [-0.4, -0.2) is 39.0 Å². The number of hydrogen-bond acceptors (Lipinski definition) is 6. The molecule has 2 unspecified atom stereocenters. The zero-order chi connectivity index (χ0) is 22.8. The van der Waals surface area contributed by atoms with E-state index in [4.69, 9.17) is 5.11 Å². The Bertz CT molecular complexity index is 964. The summed E-state index contributed by atoms with van der Waals surface area (Å²) in [5.41, 5.74) is -0.556. The average Bonchev–Trinajstić information content (AvgIpc) is 2.64. The number of hydrogen-bond donors (Lipinski definition) is 4. The second kappa shape index (κ2) is 8.78. The number of amides is 1. The third kappa shape index (κ3) is 5.41. The molecule has 2 atom stereocenters. The summed E-state index contributed by atoms with van der Waals surface area (Å²) in [6.07, 6.45) is -2.89. The molecule has 1 aliphatic rings. The molecule has 4 N–H and O–H groups in total. The minimum Gasteiger partial charge on any atom is -0.478 e. The van der Waals surface area contributed by atoms with Gasteiger partial charge in [-0.3, -0.25) is 4.79 Å². The number of carbonyl (C=O) groups is 2. The van der Waals surface area contributed by atoms with E-state index >= 15 is 0 Å². The molecule has 166 valence electrons. The van der Waals surface area contributed by atoms with E-state index in [1.54, 1.807) is 0 Å². The molecular weight excluding hydrogens is 415 g/mol. The van der Waals surface area contributed by atoms with Gasteiger partial charge in [0.2, 0.25) is 11.9 Å². The highest BCUT2D eigenvalue weighted by Crippen LogP contribution is 2.37. The number of carboxylic acid groups (broad SMARTS) is 1. The lowest BCUT2D eigenvalue weighted by Gasteiger charge is -2.37. The Morgan fingerprint density at radius 1 is 1.16 bits per heavy atom. The highest BCUT2D eigenvalue weighted by molar-refractivity contribution is 5.88. The first-order valence-corrected chi connectivity index (χ1v) is 9.66. The van der Waals surface area contributed by atoms with E-state index in [0.29, 0.717) is 24.7 Å². The largest absolute Gasteiger partial charge is 0.478 e. The van der Waals surface area contributed by atoms with Crippen molar-refractivity contribution in [3.05, 3.63) is 41.6 Å². The molecule has 3 rings (SSSR count). The van der Waals surface area contributed by atoms with E-state index in [9.17, 15) is 22.8 Å². The van der Waals surface area contributed by atoms with E-state index < -0.39 is 35.5 Å². The standard InChI is InChI=1S/C20H22F3N5O3/c1-10(2)25-17(29)13-7-8-15(13)27-16-14(20(21,22)23)9-24-19(28-16)26-12-5-3-11(4-6-12)18(30)31/h3-6,9-10,13,15H,7-8H2,1-2H3,(H,25,29)(H,30,31)(H2,24,26,27,28). The summed E-state index contributed by atoms with van der Waals surface area (Å²) in [4.78, 5) is 30.9. The monoisotopic (exact) mass is 437 g/mol. The highest BCUT2D eigenvalue weighted by atomic mass is 19.4. The van der Waals surface area contributed by atoms with Crippen LogP contribution in [0.4, 0.5) is 30.6 Å². The molecule has 31 heavy (non-hydrogen) atoms. The number of alkyl halides is 3. The molecule has 0 radical (unpaired) electrons. The first-order valence-electron chi connectivity index (χ1n) is 9.66. The maximum Gasteiger partial charge on any atom is 0.421 e. The second-order valence-corrected chi connectivity index (χ2v) is 7.56. The molecular formula is C20H22F3N5O3. The summed E-state index contributed by atoms with van der Waals surface area (Å²) in [6.45, 7) is 3.62. The summed E-state index contributed by atoms with van der Waals surface area (Å²) in [5, 5.41) is 17.2. The lowest BCUT2D eigenvalue weighted by atomic mass is 9.78. The van der Waals surface area contributed by atoms with E-state index in [1.807, 2.05) is 13.8 Å². The lowest BCUT2D eigenvalue weighted by molar-refractivity contribution is -0.137. The van der Waals surface area contributed by atoms with Crippen molar-refractivity contribution in [2.45, 2.75) is 44.9 Å². The molecule has 1 heterocycles. The van der Waals surface area contributed by atoms with Crippen molar-refractivity contribution in [1.82, 2.24) is 15.3 Å². The summed E-state index contributed by atoms with van der Waals surface area (Å²) >= 11 is 0. The van der Waals surface area contributed by atoms with Gasteiger partial charge in [0, 0.05) is 24.0 Å². The fourth-order valence-electron chi connectivity index (χ4n) is 3.14. The Hall–Kier alpha value is -3.37. The lowest BCUT2D eigenvalue weighted by Crippen LogP contribution is -2.49. The molecule has 0 spiro atoms. The van der Waals surface area contributed by atoms with Crippen LogP contribution in [0.25, 0.3) is 0 Å². The Balaban J connectivity index is 1.81. The number of benzene rings is 1. The SMILES string of the molecule is CC(C)NC(=O)C1CCC1Nc1nc(Nc2ccc(C(=O)O)cc2)ncc1C(F)(F)F. The van der Waals surface area contributed by atoms with Gasteiger partial charge in [0.1, 0.15) is 11.4 Å². The van der Waals surface area contributed by atoms with Crippen LogP contribution in [0.1, 0.15) is 42.6 Å². The third-order valence-electron chi connectivity index (χ3n) is 4.85. The molecule has 0 aliphatic heterocycles. The van der Waals surface area contributed by atoms with Crippen LogP contribution in [-0.2, 0) is 11.0 Å². The molecule has 0 saturated heterocycles. The molecule has 2 aromatic rings. The predicted molar refractivity (Wildman–Crippen MR) is 107 cm³/mol. The van der Waals surface area contributed by atoms with Gasteiger partial charge < -0.3 is 21.1 Å². The number of aromatic nitrogens is 2. The van der Waals surface area contributed by atoms with Crippen LogP contribution in [0.3, 0.4) is 0 Å². The van der Waals surface area contributed by atoms with E-state index in [-0.39, 0.29) is 23.5 Å². The maximum atomic E-state index is 13.5. The number of nitrogens with zero attached hydrogens (tertiary/aromatic N) is 2. The molecule has 1 saturated carbocycles. The Morgan fingerprint density at radius 3 is 2.35 bits per heavy atom. The average molecular weight is 437 g/mol. The number of carboxylic acids is 1. The van der Waals surface area contributed by atoms with Gasteiger partial charge in [0.05, 0.1) is 11.5 Å². The minimum atomic E-state index is -4.68. The summed E-state index contributed by atoms with van der Waals surface area (Å²) < 4.78 is 40.4. The zero-order valence-electron chi connectivity index (χ0n) is 16.8. The van der Waals surface area contributed by atoms with Crippen LogP contribution in [0.15, 0.2) is 30.5 Å². The number of rotatable bonds is 7.